The van der Waals surface area contributed by atoms with Crippen molar-refractivity contribution in [3.63, 3.8) is 0 Å². The van der Waals surface area contributed by atoms with Crippen molar-refractivity contribution in [2.45, 2.75) is 99.2 Å². The Labute approximate surface area is 619 Å². The standard InChI is InChI=1S/C16H22N4O2.C16H24N4.C15H17ClN4.C15H20ClN3O.C15H17F4N3/c1-3-22-16(21)13-6-4-5-12(9-13)15-14(10-18-19-15)11-20(2)8-7-17;1-5-9-20(4)12-14-11-17-18-16(14)13-7-6-8-15(10-13)19(2)3;1-3-6-20(2)10-12-9-18-19-15(12)13-7-11(8-17)4-5-14(13)16;1-4-7-19(2)10-11-9-17-18-15(11)13-6-5-12(20-3)8-14(13)16;1-3-6-22(2)9-10-8-20-21-14(10)12-5-4-11(7-13(12)16)15(17,18)19/h4-6,9-10H,3,7-8,11,17H2,1-2H3,(H,18,19);6-8,10-11H,5,9,12H2,1-4H3,(H,17,18);4-5,7,9H,3,6,10H2,1-2H3,(H,18,19);5-6,8-9H,4,7,10H2,1-3H3,(H,17,18);4-5,7-8H,3,6,9H2,1-2H3,(H,20,21). The maximum atomic E-state index is 14.0. The van der Waals surface area contributed by atoms with Gasteiger partial charge in [0.15, 0.2) is 0 Å². The van der Waals surface area contributed by atoms with E-state index in [0.717, 1.165) is 158 Å². The number of rotatable bonds is 29. The predicted molar refractivity (Wildman–Crippen MR) is 409 cm³/mol. The van der Waals surface area contributed by atoms with Gasteiger partial charge in [-0.1, -0.05) is 75.2 Å². The molecule has 0 radical (unpaired) electrons. The molecule has 21 nitrogen and oxygen atoms in total. The molecule has 7 N–H and O–H groups in total. The van der Waals surface area contributed by atoms with Gasteiger partial charge in [-0.05, 0) is 173 Å². The van der Waals surface area contributed by atoms with Crippen LogP contribution in [-0.4, -0.2) is 184 Å². The van der Waals surface area contributed by atoms with Crippen molar-refractivity contribution in [2.75, 3.05) is 107 Å². The van der Waals surface area contributed by atoms with Crippen LogP contribution < -0.4 is 15.4 Å². The largest absolute Gasteiger partial charge is 0.497 e. The van der Waals surface area contributed by atoms with E-state index in [1.165, 1.54) is 23.2 Å². The number of carbonyl (C=O) groups is 1. The van der Waals surface area contributed by atoms with Crippen LogP contribution in [0.5, 0.6) is 5.75 Å². The van der Waals surface area contributed by atoms with Crippen LogP contribution >= 0.6 is 23.2 Å². The Hall–Kier alpha value is -9.23. The first-order valence-corrected chi connectivity index (χ1v) is 35.4. The lowest BCUT2D eigenvalue weighted by atomic mass is 10.0. The number of aromatic nitrogens is 10. The van der Waals surface area contributed by atoms with E-state index in [1.807, 2.05) is 80.9 Å². The molecule has 0 amide bonds. The molecule has 0 aliphatic carbocycles. The molecule has 0 unspecified atom stereocenters. The zero-order valence-corrected chi connectivity index (χ0v) is 63.5. The van der Waals surface area contributed by atoms with E-state index in [4.69, 9.17) is 43.7 Å². The third kappa shape index (κ3) is 25.3. The fraction of sp³-hybridized carbons (Fsp3) is 0.390. The SMILES string of the molecule is CCCN(C)Cc1cn[nH]c1-c1cc(C#N)ccc1Cl.CCCN(C)Cc1cn[nH]c1-c1ccc(C(F)(F)F)cc1F.CCCN(C)Cc1cn[nH]c1-c1ccc(OC)cc1Cl.CCCN(C)Cc1cn[nH]c1-c1cccc(N(C)C)c1.CCOC(=O)c1cccc(-c2[nH]ncc2CN(C)CCN)c1. The number of methoxy groups -OCH3 is 1. The van der Waals surface area contributed by atoms with Crippen molar-refractivity contribution in [3.05, 3.63) is 194 Å². The maximum Gasteiger partial charge on any atom is 0.416 e. The van der Waals surface area contributed by atoms with Crippen LogP contribution in [0.3, 0.4) is 0 Å². The first kappa shape index (κ1) is 83.7. The van der Waals surface area contributed by atoms with E-state index in [1.54, 1.807) is 50.7 Å². The quantitative estimate of drug-likeness (QED) is 0.0188. The molecule has 27 heteroatoms. The van der Waals surface area contributed by atoms with Crippen molar-refractivity contribution in [3.8, 4) is 68.1 Å². The summed E-state index contributed by atoms with van der Waals surface area (Å²) in [6, 6.07) is 31.5. The van der Waals surface area contributed by atoms with Gasteiger partial charge in [-0.25, -0.2) is 9.18 Å². The molecule has 0 spiro atoms. The molecule has 0 atom stereocenters. The second-order valence-electron chi connectivity index (χ2n) is 25.4. The third-order valence-corrected chi connectivity index (χ3v) is 17.1. The van der Waals surface area contributed by atoms with Gasteiger partial charge in [-0.3, -0.25) is 25.5 Å². The number of H-pyrrole nitrogens is 5. The van der Waals surface area contributed by atoms with Gasteiger partial charge in [0.2, 0.25) is 0 Å². The lowest BCUT2D eigenvalue weighted by Gasteiger charge is -2.16. The van der Waals surface area contributed by atoms with Crippen LogP contribution in [0.15, 0.2) is 134 Å². The molecule has 0 saturated carbocycles. The summed E-state index contributed by atoms with van der Waals surface area (Å²) in [4.78, 5) is 25.0. The maximum absolute atomic E-state index is 14.0. The molecule has 558 valence electrons. The lowest BCUT2D eigenvalue weighted by molar-refractivity contribution is -0.137. The molecule has 0 bridgehead atoms. The van der Waals surface area contributed by atoms with Crippen LogP contribution in [-0.2, 0) is 43.6 Å². The van der Waals surface area contributed by atoms with Gasteiger partial charge < -0.3 is 44.6 Å². The molecule has 5 aromatic carbocycles. The van der Waals surface area contributed by atoms with Gasteiger partial charge >= 0.3 is 12.1 Å². The molecule has 0 saturated heterocycles. The molecule has 10 aromatic rings. The summed E-state index contributed by atoms with van der Waals surface area (Å²) in [5, 5.41) is 45.6. The average molecular weight is 1470 g/mol. The number of hydrogen-bond donors (Lipinski definition) is 6. The lowest BCUT2D eigenvalue weighted by Crippen LogP contribution is -2.25. The minimum absolute atomic E-state index is 0.0883. The Morgan fingerprint density at radius 3 is 1.38 bits per heavy atom. The number of benzene rings is 5. The number of nitriles is 1. The number of anilines is 1. The number of carbonyl (C=O) groups excluding carboxylic acids is 1. The highest BCUT2D eigenvalue weighted by Gasteiger charge is 2.32. The van der Waals surface area contributed by atoms with Crippen molar-refractivity contribution >= 4 is 34.9 Å². The molecule has 5 aromatic heterocycles. The molecular formula is C77H100Cl2F4N18O3. The highest BCUT2D eigenvalue weighted by Crippen LogP contribution is 2.36. The zero-order chi connectivity index (χ0) is 75.9. The number of nitrogens with two attached hydrogens (primary N) is 1. The van der Waals surface area contributed by atoms with E-state index >= 15 is 0 Å². The van der Waals surface area contributed by atoms with Gasteiger partial charge in [0.05, 0.1) is 106 Å². The number of likely N-dealkylation sites (N-methyl/N-ethyl adjacent to an activating group) is 1. The number of hydrogen-bond acceptors (Lipinski definition) is 16. The first-order chi connectivity index (χ1) is 49.9. The van der Waals surface area contributed by atoms with E-state index in [9.17, 15) is 22.4 Å². The monoisotopic (exact) mass is 1470 g/mol. The number of halogens is 6. The Kier molecular flexibility index (Phi) is 34.2. The summed E-state index contributed by atoms with van der Waals surface area (Å²) < 4.78 is 62.0. The van der Waals surface area contributed by atoms with Crippen LogP contribution in [0, 0.1) is 17.1 Å². The van der Waals surface area contributed by atoms with Crippen LogP contribution in [0.25, 0.3) is 56.3 Å². The summed E-state index contributed by atoms with van der Waals surface area (Å²) in [5.74, 6) is -0.480. The van der Waals surface area contributed by atoms with Gasteiger partial charge in [0.25, 0.3) is 0 Å². The number of alkyl halides is 3. The van der Waals surface area contributed by atoms with E-state index in [2.05, 4.69) is 162 Å². The van der Waals surface area contributed by atoms with Crippen LogP contribution in [0.1, 0.15) is 110 Å². The molecule has 0 fully saturated rings. The van der Waals surface area contributed by atoms with E-state index < -0.39 is 17.6 Å². The minimum atomic E-state index is -4.56. The molecule has 0 aliphatic rings. The van der Waals surface area contributed by atoms with Gasteiger partial charge in [-0.15, -0.1) is 0 Å². The Bertz CT molecular complexity index is 4260. The number of nitrogens with zero attached hydrogens (tertiary/aromatic N) is 12. The molecule has 5 heterocycles. The third-order valence-electron chi connectivity index (χ3n) is 16.4. The van der Waals surface area contributed by atoms with Crippen LogP contribution in [0.2, 0.25) is 10.0 Å². The highest BCUT2D eigenvalue weighted by molar-refractivity contribution is 6.33. The predicted octanol–water partition coefficient (Wildman–Crippen LogP) is 15.7. The van der Waals surface area contributed by atoms with Crippen molar-refractivity contribution in [2.24, 2.45) is 5.73 Å². The minimum Gasteiger partial charge on any atom is -0.497 e. The fourth-order valence-electron chi connectivity index (χ4n) is 11.4. The zero-order valence-electron chi connectivity index (χ0n) is 62.0. The summed E-state index contributed by atoms with van der Waals surface area (Å²) in [5.41, 5.74) is 20.4. The topological polar surface area (TPSA) is 248 Å². The van der Waals surface area contributed by atoms with Crippen LogP contribution in [0.4, 0.5) is 23.2 Å². The first-order valence-electron chi connectivity index (χ1n) is 34.6. The highest BCUT2D eigenvalue weighted by atomic mass is 35.5. The Balaban J connectivity index is 0.000000204. The van der Waals surface area contributed by atoms with E-state index in [0.29, 0.717) is 52.6 Å². The van der Waals surface area contributed by atoms with Crippen molar-refractivity contribution in [1.82, 2.24) is 75.5 Å². The average Bonchev–Trinajstić information content (AvgIpc) is 1.03. The summed E-state index contributed by atoms with van der Waals surface area (Å²) in [6.07, 6.45) is 8.80. The normalized spacial score (nSPS) is 11.2. The molecule has 10 rings (SSSR count). The number of aromatic amines is 5. The van der Waals surface area contributed by atoms with E-state index in [-0.39, 0.29) is 11.5 Å². The second kappa shape index (κ2) is 42.5. The fourth-order valence-corrected chi connectivity index (χ4v) is 11.9. The number of ether oxygens (including phenoxy) is 2. The Morgan fingerprint density at radius 1 is 0.519 bits per heavy atom. The smallest absolute Gasteiger partial charge is 0.416 e. The molecule has 0 aliphatic heterocycles. The van der Waals surface area contributed by atoms with Crippen molar-refractivity contribution < 1.29 is 31.8 Å². The Morgan fingerprint density at radius 2 is 0.952 bits per heavy atom. The molecular weight excluding hydrogens is 1370 g/mol. The number of esters is 1. The summed E-state index contributed by atoms with van der Waals surface area (Å²) in [6.45, 7) is 20.1. The van der Waals surface area contributed by atoms with Gasteiger partial charge in [0, 0.05) is 121 Å². The summed E-state index contributed by atoms with van der Waals surface area (Å²) in [7, 11) is 16.0. The van der Waals surface area contributed by atoms with Gasteiger partial charge in [0.1, 0.15) is 11.6 Å². The van der Waals surface area contributed by atoms with Crippen molar-refractivity contribution in [1.29, 1.82) is 5.26 Å². The molecule has 104 heavy (non-hydrogen) atoms. The number of nitrogens with one attached hydrogen (secondary N) is 5. The van der Waals surface area contributed by atoms with Gasteiger partial charge in [-0.2, -0.15) is 43.9 Å². The summed E-state index contributed by atoms with van der Waals surface area (Å²) >= 11 is 12.6. The second-order valence-corrected chi connectivity index (χ2v) is 26.2.